The van der Waals surface area contributed by atoms with Crippen LogP contribution in [-0.2, 0) is 0 Å². The highest BCUT2D eigenvalue weighted by Crippen LogP contribution is 2.39. The molecule has 0 radical (unpaired) electrons. The first-order valence-corrected chi connectivity index (χ1v) is 6.50. The van der Waals surface area contributed by atoms with E-state index in [-0.39, 0.29) is 0 Å². The predicted molar refractivity (Wildman–Crippen MR) is 72.5 cm³/mol. The van der Waals surface area contributed by atoms with E-state index in [9.17, 15) is 0 Å². The second-order valence-electron chi connectivity index (χ2n) is 4.33. The largest absolute Gasteiger partial charge is 0.366 e. The van der Waals surface area contributed by atoms with Crippen LogP contribution in [-0.4, -0.2) is 11.0 Å². The summed E-state index contributed by atoms with van der Waals surface area (Å²) in [7, 11) is 0. The van der Waals surface area contributed by atoms with Gasteiger partial charge in [-0.15, -0.1) is 0 Å². The van der Waals surface area contributed by atoms with Crippen molar-refractivity contribution >= 4 is 34.8 Å². The monoisotopic (exact) mass is 274 g/mol. The molecule has 1 aromatic rings. The third-order valence-electron chi connectivity index (χ3n) is 2.97. The molecule has 2 rings (SSSR count). The Hall–Kier alpha value is -0.710. The minimum Gasteiger partial charge on any atom is -0.366 e. The molecule has 0 bridgehead atoms. The molecule has 0 saturated heterocycles. The Kier molecular flexibility index (Phi) is 3.97. The van der Waals surface area contributed by atoms with Gasteiger partial charge >= 0.3 is 0 Å². The average molecular weight is 275 g/mol. The number of hydrogen-bond donors (Lipinski definition) is 3. The van der Waals surface area contributed by atoms with Crippen LogP contribution in [0.4, 0.5) is 11.6 Å². The van der Waals surface area contributed by atoms with Gasteiger partial charge in [0.2, 0.25) is 0 Å². The molecule has 1 aromatic heterocycles. The third-order valence-corrected chi connectivity index (χ3v) is 3.55. The molecule has 0 amide bonds. The van der Waals surface area contributed by atoms with Crippen LogP contribution >= 0.6 is 23.2 Å². The maximum atomic E-state index is 6.08. The van der Waals surface area contributed by atoms with Crippen LogP contribution in [0.2, 0.25) is 10.0 Å². The summed E-state index contributed by atoms with van der Waals surface area (Å²) in [5.41, 5.74) is 2.45. The number of aromatic nitrogens is 1. The normalized spacial score (nSPS) is 22.4. The molecule has 0 aromatic carbocycles. The zero-order chi connectivity index (χ0) is 12.4. The fourth-order valence-corrected chi connectivity index (χ4v) is 2.43. The second kappa shape index (κ2) is 5.29. The van der Waals surface area contributed by atoms with E-state index in [4.69, 9.17) is 29.0 Å². The molecule has 1 aliphatic carbocycles. The molecular weight excluding hydrogens is 259 g/mol. The molecule has 94 valence electrons. The zero-order valence-corrected chi connectivity index (χ0v) is 11.1. The van der Waals surface area contributed by atoms with Gasteiger partial charge < -0.3 is 10.7 Å². The summed E-state index contributed by atoms with van der Waals surface area (Å²) in [4.78, 5) is 4.25. The van der Waals surface area contributed by atoms with E-state index in [1.54, 1.807) is 6.07 Å². The highest BCUT2D eigenvalue weighted by molar-refractivity contribution is 6.37. The fourth-order valence-electron chi connectivity index (χ4n) is 1.96. The van der Waals surface area contributed by atoms with Crippen LogP contribution < -0.4 is 16.6 Å². The average Bonchev–Trinajstić information content (AvgIpc) is 3.01. The summed E-state index contributed by atoms with van der Waals surface area (Å²) in [6.07, 6.45) is 3.63. The van der Waals surface area contributed by atoms with Crippen LogP contribution in [0.15, 0.2) is 6.07 Å². The molecule has 1 aliphatic rings. The molecule has 4 nitrogen and oxygen atoms in total. The smallest absolute Gasteiger partial charge is 0.161 e. The van der Waals surface area contributed by atoms with Crippen molar-refractivity contribution in [1.29, 1.82) is 0 Å². The first kappa shape index (κ1) is 12.7. The molecule has 1 fully saturated rings. The lowest BCUT2D eigenvalue weighted by Gasteiger charge is -2.10. The number of hydrazine groups is 1. The standard InChI is InChI=1S/C11H16Cl2N4/c1-2-3-6-4-9(6)15-10-7(12)5-8(13)11(16-10)17-14/h5-6,9H,2-4,14H2,1H3,(H2,15,16,17). The highest BCUT2D eigenvalue weighted by atomic mass is 35.5. The molecule has 1 saturated carbocycles. The van der Waals surface area contributed by atoms with E-state index in [0.717, 1.165) is 5.92 Å². The lowest BCUT2D eigenvalue weighted by Crippen LogP contribution is -2.12. The molecule has 4 N–H and O–H groups in total. The predicted octanol–water partition coefficient (Wildman–Crippen LogP) is 3.27. The highest BCUT2D eigenvalue weighted by Gasteiger charge is 2.36. The van der Waals surface area contributed by atoms with Gasteiger partial charge in [0.15, 0.2) is 5.82 Å². The molecule has 2 unspecified atom stereocenters. The number of pyridine rings is 1. The van der Waals surface area contributed by atoms with Crippen molar-refractivity contribution in [3.63, 3.8) is 0 Å². The SMILES string of the molecule is CCCC1CC1Nc1nc(NN)c(Cl)cc1Cl. The number of nitrogens with one attached hydrogen (secondary N) is 2. The van der Waals surface area contributed by atoms with E-state index in [1.165, 1.54) is 19.3 Å². The van der Waals surface area contributed by atoms with Gasteiger partial charge in [-0.3, -0.25) is 0 Å². The van der Waals surface area contributed by atoms with Crippen LogP contribution in [0.1, 0.15) is 26.2 Å². The van der Waals surface area contributed by atoms with Gasteiger partial charge in [0.05, 0.1) is 10.0 Å². The Morgan fingerprint density at radius 1 is 1.41 bits per heavy atom. The van der Waals surface area contributed by atoms with Crippen molar-refractivity contribution in [2.24, 2.45) is 11.8 Å². The van der Waals surface area contributed by atoms with Crippen LogP contribution in [0.5, 0.6) is 0 Å². The minimum atomic E-state index is 0.420. The Bertz CT molecular complexity index is 411. The van der Waals surface area contributed by atoms with E-state index < -0.39 is 0 Å². The molecule has 6 heteroatoms. The molecule has 1 heterocycles. The molecular formula is C11H16Cl2N4. The van der Waals surface area contributed by atoms with Gasteiger partial charge in [0.1, 0.15) is 5.82 Å². The Morgan fingerprint density at radius 2 is 2.12 bits per heavy atom. The number of nitrogens with two attached hydrogens (primary N) is 1. The second-order valence-corrected chi connectivity index (χ2v) is 5.14. The maximum absolute atomic E-state index is 6.08. The summed E-state index contributed by atoms with van der Waals surface area (Å²) in [5.74, 6) is 7.14. The number of rotatable bonds is 5. The molecule has 17 heavy (non-hydrogen) atoms. The summed E-state index contributed by atoms with van der Waals surface area (Å²) >= 11 is 12.0. The zero-order valence-electron chi connectivity index (χ0n) is 9.63. The lowest BCUT2D eigenvalue weighted by atomic mass is 10.2. The maximum Gasteiger partial charge on any atom is 0.161 e. The summed E-state index contributed by atoms with van der Waals surface area (Å²) < 4.78 is 0. The number of anilines is 2. The first-order chi connectivity index (χ1) is 8.15. The lowest BCUT2D eigenvalue weighted by molar-refractivity contribution is 0.692. The van der Waals surface area contributed by atoms with Crippen molar-refractivity contribution in [1.82, 2.24) is 4.98 Å². The Labute approximate surface area is 111 Å². The van der Waals surface area contributed by atoms with E-state index in [2.05, 4.69) is 22.7 Å². The molecule has 2 atom stereocenters. The van der Waals surface area contributed by atoms with Crippen molar-refractivity contribution in [3.8, 4) is 0 Å². The van der Waals surface area contributed by atoms with Gasteiger partial charge in [0, 0.05) is 6.04 Å². The Balaban J connectivity index is 2.06. The molecule has 0 spiro atoms. The Morgan fingerprint density at radius 3 is 2.76 bits per heavy atom. The van der Waals surface area contributed by atoms with Crippen molar-refractivity contribution < 1.29 is 0 Å². The van der Waals surface area contributed by atoms with Gasteiger partial charge in [-0.2, -0.15) is 0 Å². The van der Waals surface area contributed by atoms with Crippen LogP contribution in [0.3, 0.4) is 0 Å². The number of nitrogens with zero attached hydrogens (tertiary/aromatic N) is 1. The van der Waals surface area contributed by atoms with Crippen LogP contribution in [0.25, 0.3) is 0 Å². The molecule has 0 aliphatic heterocycles. The van der Waals surface area contributed by atoms with Gasteiger partial charge in [-0.25, -0.2) is 10.8 Å². The van der Waals surface area contributed by atoms with Crippen molar-refractivity contribution in [2.45, 2.75) is 32.2 Å². The number of halogens is 2. The van der Waals surface area contributed by atoms with Crippen LogP contribution in [0, 0.1) is 5.92 Å². The third kappa shape index (κ3) is 2.94. The fraction of sp³-hybridized carbons (Fsp3) is 0.545. The van der Waals surface area contributed by atoms with Gasteiger partial charge in [0.25, 0.3) is 0 Å². The topological polar surface area (TPSA) is 63.0 Å². The minimum absolute atomic E-state index is 0.420. The summed E-state index contributed by atoms with van der Waals surface area (Å²) in [6, 6.07) is 2.12. The summed E-state index contributed by atoms with van der Waals surface area (Å²) in [6.45, 7) is 2.19. The van der Waals surface area contributed by atoms with E-state index >= 15 is 0 Å². The first-order valence-electron chi connectivity index (χ1n) is 5.75. The van der Waals surface area contributed by atoms with Gasteiger partial charge in [-0.05, 0) is 24.8 Å². The number of nitrogen functional groups attached to an aromatic ring is 1. The van der Waals surface area contributed by atoms with Gasteiger partial charge in [-0.1, -0.05) is 36.5 Å². The van der Waals surface area contributed by atoms with Crippen molar-refractivity contribution in [3.05, 3.63) is 16.1 Å². The quantitative estimate of drug-likeness (QED) is 0.570. The number of hydrogen-bond acceptors (Lipinski definition) is 4. The summed E-state index contributed by atoms with van der Waals surface area (Å²) in [5, 5.41) is 4.27. The van der Waals surface area contributed by atoms with Crippen molar-refractivity contribution in [2.75, 3.05) is 10.7 Å². The van der Waals surface area contributed by atoms with E-state index in [0.29, 0.717) is 27.7 Å². The van der Waals surface area contributed by atoms with E-state index in [1.807, 2.05) is 0 Å².